The topological polar surface area (TPSA) is 17.1 Å². The van der Waals surface area contributed by atoms with Gasteiger partial charge in [-0.3, -0.25) is 4.79 Å². The Balaban J connectivity index is 2.54. The second-order valence-corrected chi connectivity index (χ2v) is 7.92. The van der Waals surface area contributed by atoms with E-state index in [9.17, 15) is 4.79 Å². The molecule has 2 aliphatic rings. The summed E-state index contributed by atoms with van der Waals surface area (Å²) >= 11 is 0. The Kier molecular flexibility index (Phi) is 3.32. The Morgan fingerprint density at radius 2 is 1.84 bits per heavy atom. The summed E-state index contributed by atoms with van der Waals surface area (Å²) in [5, 5.41) is 0. The van der Waals surface area contributed by atoms with E-state index in [0.29, 0.717) is 11.3 Å². The average molecular weight is 260 g/mol. The Morgan fingerprint density at radius 3 is 2.37 bits per heavy atom. The molecule has 2 aliphatic carbocycles. The molecule has 0 aromatic carbocycles. The van der Waals surface area contributed by atoms with Gasteiger partial charge in [0, 0.05) is 5.57 Å². The zero-order chi connectivity index (χ0) is 14.6. The molecule has 19 heavy (non-hydrogen) atoms. The predicted octanol–water partition coefficient (Wildman–Crippen LogP) is 4.93. The highest BCUT2D eigenvalue weighted by molar-refractivity contribution is 5.97. The fraction of sp³-hybridized carbons (Fsp3) is 0.722. The number of allylic oxidation sites excluding steroid dienone is 4. The summed E-state index contributed by atoms with van der Waals surface area (Å²) in [6, 6.07) is 0. The van der Waals surface area contributed by atoms with Crippen LogP contribution in [-0.4, -0.2) is 5.78 Å². The van der Waals surface area contributed by atoms with Gasteiger partial charge in [-0.05, 0) is 49.4 Å². The van der Waals surface area contributed by atoms with Crippen LogP contribution < -0.4 is 0 Å². The third-order valence-corrected chi connectivity index (χ3v) is 5.79. The maximum atomic E-state index is 11.8. The smallest absolute Gasteiger partial charge is 0.159 e. The number of fused-ring (bicyclic) bond motifs is 1. The van der Waals surface area contributed by atoms with Gasteiger partial charge in [-0.1, -0.05) is 51.8 Å². The van der Waals surface area contributed by atoms with Crippen molar-refractivity contribution >= 4 is 5.78 Å². The summed E-state index contributed by atoms with van der Waals surface area (Å²) in [4.78, 5) is 11.8. The maximum Gasteiger partial charge on any atom is 0.159 e. The molecule has 0 aromatic heterocycles. The van der Waals surface area contributed by atoms with Gasteiger partial charge in [0.1, 0.15) is 0 Å². The van der Waals surface area contributed by atoms with Crippen LogP contribution in [0.2, 0.25) is 0 Å². The fourth-order valence-corrected chi connectivity index (χ4v) is 4.13. The third-order valence-electron chi connectivity index (χ3n) is 5.79. The number of carbonyl (C=O) groups is 1. The van der Waals surface area contributed by atoms with Crippen LogP contribution in [-0.2, 0) is 4.79 Å². The van der Waals surface area contributed by atoms with Crippen molar-refractivity contribution in [1.29, 1.82) is 0 Å². The molecule has 1 saturated carbocycles. The molecule has 0 amide bonds. The first-order chi connectivity index (χ1) is 8.57. The Hall–Kier alpha value is -0.850. The summed E-state index contributed by atoms with van der Waals surface area (Å²) in [7, 11) is 0. The Morgan fingerprint density at radius 1 is 1.26 bits per heavy atom. The van der Waals surface area contributed by atoms with E-state index in [1.54, 1.807) is 6.92 Å². The van der Waals surface area contributed by atoms with Crippen molar-refractivity contribution < 1.29 is 4.79 Å². The lowest BCUT2D eigenvalue weighted by molar-refractivity contribution is -0.113. The largest absolute Gasteiger partial charge is 0.295 e. The molecule has 2 atom stereocenters. The lowest BCUT2D eigenvalue weighted by Gasteiger charge is -2.54. The van der Waals surface area contributed by atoms with Crippen LogP contribution in [0.4, 0.5) is 0 Å². The molecular weight excluding hydrogens is 232 g/mol. The predicted molar refractivity (Wildman–Crippen MR) is 80.9 cm³/mol. The number of Topliss-reactive ketones (excluding diaryl/α,β-unsaturated/α-hetero) is 1. The normalized spacial score (nSPS) is 32.7. The molecule has 0 saturated heterocycles. The highest BCUT2D eigenvalue weighted by Gasteiger charge is 2.48. The number of ketones is 1. The Bertz CT molecular complexity index is 474. The standard InChI is InChI=1S/C18H28O/c1-11-8-16-15(9-14(11)13(3)19)17(4,5)10-12(2)18(16,6)7/h9,12,16H,8,10H2,1-7H3. The van der Waals surface area contributed by atoms with Gasteiger partial charge in [-0.15, -0.1) is 0 Å². The molecule has 0 N–H and O–H groups in total. The molecule has 1 nitrogen and oxygen atoms in total. The molecule has 1 heteroatoms. The van der Waals surface area contributed by atoms with Gasteiger partial charge in [0.2, 0.25) is 0 Å². The number of hydrogen-bond acceptors (Lipinski definition) is 1. The van der Waals surface area contributed by atoms with Crippen LogP contribution in [0.25, 0.3) is 0 Å². The van der Waals surface area contributed by atoms with Crippen molar-refractivity contribution in [1.82, 2.24) is 0 Å². The van der Waals surface area contributed by atoms with Crippen molar-refractivity contribution in [3.8, 4) is 0 Å². The van der Waals surface area contributed by atoms with E-state index in [1.807, 2.05) is 0 Å². The molecule has 0 heterocycles. The fourth-order valence-electron chi connectivity index (χ4n) is 4.13. The number of hydrogen-bond donors (Lipinski definition) is 0. The third kappa shape index (κ3) is 2.22. The molecule has 106 valence electrons. The minimum Gasteiger partial charge on any atom is -0.295 e. The molecule has 0 bridgehead atoms. The van der Waals surface area contributed by atoms with Gasteiger partial charge in [-0.25, -0.2) is 0 Å². The van der Waals surface area contributed by atoms with Crippen LogP contribution in [0.5, 0.6) is 0 Å². The van der Waals surface area contributed by atoms with E-state index in [-0.39, 0.29) is 11.2 Å². The van der Waals surface area contributed by atoms with E-state index < -0.39 is 0 Å². The molecule has 2 rings (SSSR count). The SMILES string of the molecule is CC(=O)C1=C(C)CC2C(=C1)C(C)(C)CC(C)C2(C)C. The highest BCUT2D eigenvalue weighted by atomic mass is 16.1. The van der Waals surface area contributed by atoms with Crippen molar-refractivity contribution in [2.45, 2.75) is 61.3 Å². The zero-order valence-electron chi connectivity index (χ0n) is 13.6. The summed E-state index contributed by atoms with van der Waals surface area (Å²) in [6.07, 6.45) is 4.49. The Labute approximate surface area is 118 Å². The molecule has 0 aromatic rings. The maximum absolute atomic E-state index is 11.8. The van der Waals surface area contributed by atoms with Gasteiger partial charge in [0.25, 0.3) is 0 Å². The molecule has 0 radical (unpaired) electrons. The first-order valence-electron chi connectivity index (χ1n) is 7.50. The van der Waals surface area contributed by atoms with E-state index in [0.717, 1.165) is 17.9 Å². The summed E-state index contributed by atoms with van der Waals surface area (Å²) in [6.45, 7) is 15.7. The van der Waals surface area contributed by atoms with E-state index >= 15 is 0 Å². The first kappa shape index (κ1) is 14.6. The van der Waals surface area contributed by atoms with Gasteiger partial charge < -0.3 is 0 Å². The molecule has 0 aliphatic heterocycles. The zero-order valence-corrected chi connectivity index (χ0v) is 13.6. The second-order valence-electron chi connectivity index (χ2n) is 7.92. The van der Waals surface area contributed by atoms with Crippen LogP contribution in [0, 0.1) is 22.7 Å². The number of carbonyl (C=O) groups excluding carboxylic acids is 1. The van der Waals surface area contributed by atoms with Crippen molar-refractivity contribution in [3.05, 3.63) is 22.8 Å². The van der Waals surface area contributed by atoms with Crippen molar-refractivity contribution in [3.63, 3.8) is 0 Å². The van der Waals surface area contributed by atoms with Crippen LogP contribution in [0.1, 0.15) is 61.3 Å². The molecular formula is C18H28O. The van der Waals surface area contributed by atoms with Crippen molar-refractivity contribution in [2.24, 2.45) is 22.7 Å². The van der Waals surface area contributed by atoms with Gasteiger partial charge in [-0.2, -0.15) is 0 Å². The summed E-state index contributed by atoms with van der Waals surface area (Å²) in [5.41, 5.74) is 4.29. The lowest BCUT2D eigenvalue weighted by atomic mass is 9.51. The molecule has 2 unspecified atom stereocenters. The molecule has 0 spiro atoms. The van der Waals surface area contributed by atoms with Gasteiger partial charge in [0.05, 0.1) is 0 Å². The lowest BCUT2D eigenvalue weighted by Crippen LogP contribution is -2.45. The average Bonchev–Trinajstić information content (AvgIpc) is 2.25. The van der Waals surface area contributed by atoms with E-state index in [2.05, 4.69) is 47.6 Å². The van der Waals surface area contributed by atoms with E-state index in [4.69, 9.17) is 0 Å². The van der Waals surface area contributed by atoms with Gasteiger partial charge >= 0.3 is 0 Å². The number of rotatable bonds is 1. The summed E-state index contributed by atoms with van der Waals surface area (Å²) < 4.78 is 0. The monoisotopic (exact) mass is 260 g/mol. The minimum atomic E-state index is 0.218. The van der Waals surface area contributed by atoms with Gasteiger partial charge in [0.15, 0.2) is 5.78 Å². The van der Waals surface area contributed by atoms with Crippen LogP contribution >= 0.6 is 0 Å². The first-order valence-corrected chi connectivity index (χ1v) is 7.50. The second kappa shape index (κ2) is 4.33. The quantitative estimate of drug-likeness (QED) is 0.653. The minimum absolute atomic E-state index is 0.218. The van der Waals surface area contributed by atoms with Crippen LogP contribution in [0.15, 0.2) is 22.8 Å². The highest BCUT2D eigenvalue weighted by Crippen LogP contribution is 2.58. The van der Waals surface area contributed by atoms with Crippen molar-refractivity contribution in [2.75, 3.05) is 0 Å². The van der Waals surface area contributed by atoms with Crippen LogP contribution in [0.3, 0.4) is 0 Å². The summed E-state index contributed by atoms with van der Waals surface area (Å²) in [5.74, 6) is 1.53. The molecule has 1 fully saturated rings. The van der Waals surface area contributed by atoms with E-state index in [1.165, 1.54) is 17.6 Å².